The van der Waals surface area contributed by atoms with Crippen molar-refractivity contribution in [1.29, 1.82) is 0 Å². The first-order valence-electron chi connectivity index (χ1n) is 4.70. The minimum atomic E-state index is 0.674. The predicted molar refractivity (Wildman–Crippen MR) is 65.3 cm³/mol. The lowest BCUT2D eigenvalue weighted by atomic mass is 10.2. The minimum absolute atomic E-state index is 0.674. The molecule has 80 valence electrons. The molecule has 0 amide bonds. The molecule has 0 unspecified atom stereocenters. The summed E-state index contributed by atoms with van der Waals surface area (Å²) in [6, 6.07) is 11.0. The Morgan fingerprint density at radius 2 is 1.75 bits per heavy atom. The molecule has 0 aliphatic heterocycles. The molecule has 3 nitrogen and oxygen atoms in total. The van der Waals surface area contributed by atoms with Gasteiger partial charge in [0, 0.05) is 5.02 Å². The Labute approximate surface area is 98.1 Å². The lowest BCUT2D eigenvalue weighted by Crippen LogP contribution is -1.79. The highest BCUT2D eigenvalue weighted by Gasteiger charge is 1.88. The Morgan fingerprint density at radius 1 is 1.00 bits per heavy atom. The zero-order valence-corrected chi connectivity index (χ0v) is 9.13. The summed E-state index contributed by atoms with van der Waals surface area (Å²) in [6.07, 6.45) is 4.78. The first-order valence-corrected chi connectivity index (χ1v) is 5.08. The summed E-state index contributed by atoms with van der Waals surface area (Å²) in [6.45, 7) is 0. The van der Waals surface area contributed by atoms with Crippen LogP contribution < -0.4 is 0 Å². The summed E-state index contributed by atoms with van der Waals surface area (Å²) >= 11 is 5.75. The Hall–Kier alpha value is -1.87. The predicted octanol–water partition coefficient (Wildman–Crippen LogP) is 3.39. The van der Waals surface area contributed by atoms with Crippen LogP contribution in [-0.4, -0.2) is 12.4 Å². The highest BCUT2D eigenvalue weighted by atomic mass is 35.5. The monoisotopic (exact) mass is 232 g/mol. The zero-order valence-electron chi connectivity index (χ0n) is 8.38. The third-order valence-electron chi connectivity index (χ3n) is 1.87. The molecule has 0 radical (unpaired) electrons. The second kappa shape index (κ2) is 5.28. The van der Waals surface area contributed by atoms with E-state index in [0.717, 1.165) is 5.56 Å². The molecule has 0 N–H and O–H groups in total. The fourth-order valence-electron chi connectivity index (χ4n) is 1.10. The maximum absolute atomic E-state index is 5.75. The molecule has 2 aromatic rings. The lowest BCUT2D eigenvalue weighted by Gasteiger charge is -1.90. The number of furan rings is 1. The number of halogens is 1. The summed E-state index contributed by atoms with van der Waals surface area (Å²) in [4.78, 5) is 0. The Balaban J connectivity index is 1.97. The quantitative estimate of drug-likeness (QED) is 0.591. The van der Waals surface area contributed by atoms with Crippen LogP contribution >= 0.6 is 11.6 Å². The van der Waals surface area contributed by atoms with Gasteiger partial charge in [0.05, 0.1) is 18.7 Å². The van der Waals surface area contributed by atoms with Crippen LogP contribution in [0.1, 0.15) is 11.3 Å². The highest BCUT2D eigenvalue weighted by Crippen LogP contribution is 2.07. The molecule has 0 fully saturated rings. The molecule has 0 aliphatic carbocycles. The number of nitrogens with zero attached hydrogens (tertiary/aromatic N) is 2. The van der Waals surface area contributed by atoms with Crippen LogP contribution in [0.25, 0.3) is 0 Å². The van der Waals surface area contributed by atoms with Gasteiger partial charge < -0.3 is 4.42 Å². The van der Waals surface area contributed by atoms with Crippen molar-refractivity contribution in [3.63, 3.8) is 0 Å². The van der Waals surface area contributed by atoms with E-state index < -0.39 is 0 Å². The van der Waals surface area contributed by atoms with Crippen LogP contribution in [0.4, 0.5) is 0 Å². The standard InChI is InChI=1S/C12H9ClN2O/c13-11-5-3-10(4-6-11)8-14-15-9-12-2-1-7-16-12/h1-9H/b14-8-,15-9-. The topological polar surface area (TPSA) is 37.9 Å². The number of hydrogen-bond donors (Lipinski definition) is 0. The first kappa shape index (κ1) is 10.6. The van der Waals surface area contributed by atoms with Crippen molar-refractivity contribution < 1.29 is 4.42 Å². The second-order valence-electron chi connectivity index (χ2n) is 3.06. The molecule has 0 saturated carbocycles. The average molecular weight is 233 g/mol. The van der Waals surface area contributed by atoms with E-state index >= 15 is 0 Å². The van der Waals surface area contributed by atoms with Crippen molar-refractivity contribution in [3.8, 4) is 0 Å². The van der Waals surface area contributed by atoms with Gasteiger partial charge in [0.25, 0.3) is 0 Å². The third-order valence-corrected chi connectivity index (χ3v) is 2.12. The summed E-state index contributed by atoms with van der Waals surface area (Å²) in [7, 11) is 0. The smallest absolute Gasteiger partial charge is 0.146 e. The van der Waals surface area contributed by atoms with E-state index in [1.54, 1.807) is 43.0 Å². The van der Waals surface area contributed by atoms with Crippen molar-refractivity contribution in [1.82, 2.24) is 0 Å². The highest BCUT2D eigenvalue weighted by molar-refractivity contribution is 6.30. The van der Waals surface area contributed by atoms with Crippen LogP contribution in [0.15, 0.2) is 57.3 Å². The van der Waals surface area contributed by atoms with E-state index in [1.165, 1.54) is 0 Å². The molecule has 0 spiro atoms. The van der Waals surface area contributed by atoms with E-state index in [9.17, 15) is 0 Å². The van der Waals surface area contributed by atoms with Crippen molar-refractivity contribution in [2.45, 2.75) is 0 Å². The molecule has 2 rings (SSSR count). The van der Waals surface area contributed by atoms with Gasteiger partial charge in [0.15, 0.2) is 0 Å². The molecule has 1 aromatic heterocycles. The first-order chi connectivity index (χ1) is 7.84. The molecule has 0 atom stereocenters. The number of benzene rings is 1. The Kier molecular flexibility index (Phi) is 3.51. The molecule has 16 heavy (non-hydrogen) atoms. The van der Waals surface area contributed by atoms with Crippen molar-refractivity contribution in [3.05, 3.63) is 59.0 Å². The summed E-state index contributed by atoms with van der Waals surface area (Å²) in [5.74, 6) is 0.674. The van der Waals surface area contributed by atoms with Crippen molar-refractivity contribution in [2.24, 2.45) is 10.2 Å². The van der Waals surface area contributed by atoms with E-state index in [-0.39, 0.29) is 0 Å². The Bertz CT molecular complexity index is 486. The van der Waals surface area contributed by atoms with E-state index in [4.69, 9.17) is 16.0 Å². The maximum atomic E-state index is 5.75. The molecule has 0 saturated heterocycles. The van der Waals surface area contributed by atoms with Gasteiger partial charge in [-0.15, -0.1) is 0 Å². The molecule has 0 aliphatic rings. The van der Waals surface area contributed by atoms with Crippen molar-refractivity contribution in [2.75, 3.05) is 0 Å². The molecule has 4 heteroatoms. The van der Waals surface area contributed by atoms with Gasteiger partial charge in [-0.05, 0) is 29.8 Å². The summed E-state index contributed by atoms with van der Waals surface area (Å²) < 4.78 is 5.06. The molecule has 1 aromatic carbocycles. The molecule has 1 heterocycles. The van der Waals surface area contributed by atoms with Crippen LogP contribution in [0.2, 0.25) is 5.02 Å². The lowest BCUT2D eigenvalue weighted by molar-refractivity contribution is 0.560. The van der Waals surface area contributed by atoms with Gasteiger partial charge in [-0.1, -0.05) is 23.7 Å². The van der Waals surface area contributed by atoms with E-state index in [2.05, 4.69) is 10.2 Å². The van der Waals surface area contributed by atoms with Crippen LogP contribution in [0, 0.1) is 0 Å². The summed E-state index contributed by atoms with van der Waals surface area (Å²) in [5.41, 5.74) is 0.945. The third kappa shape index (κ3) is 3.07. The zero-order chi connectivity index (χ0) is 11.2. The SMILES string of the molecule is Clc1ccc(/C=N\N=C/c2ccco2)cc1. The fraction of sp³-hybridized carbons (Fsp3) is 0. The normalized spacial score (nSPS) is 11.6. The number of rotatable bonds is 3. The minimum Gasteiger partial charge on any atom is -0.463 e. The molecular weight excluding hydrogens is 224 g/mol. The summed E-state index contributed by atoms with van der Waals surface area (Å²) in [5, 5.41) is 8.44. The van der Waals surface area contributed by atoms with Crippen molar-refractivity contribution >= 4 is 24.0 Å². The number of hydrogen-bond acceptors (Lipinski definition) is 3. The second-order valence-corrected chi connectivity index (χ2v) is 3.49. The largest absolute Gasteiger partial charge is 0.463 e. The van der Waals surface area contributed by atoms with Crippen LogP contribution in [0.5, 0.6) is 0 Å². The van der Waals surface area contributed by atoms with Crippen LogP contribution in [0.3, 0.4) is 0 Å². The molecular formula is C12H9ClN2O. The van der Waals surface area contributed by atoms with Gasteiger partial charge in [-0.3, -0.25) is 0 Å². The van der Waals surface area contributed by atoms with Gasteiger partial charge in [-0.25, -0.2) is 0 Å². The fourth-order valence-corrected chi connectivity index (χ4v) is 1.23. The average Bonchev–Trinajstić information content (AvgIpc) is 2.80. The van der Waals surface area contributed by atoms with Crippen LogP contribution in [-0.2, 0) is 0 Å². The van der Waals surface area contributed by atoms with Gasteiger partial charge >= 0.3 is 0 Å². The van der Waals surface area contributed by atoms with Gasteiger partial charge in [-0.2, -0.15) is 10.2 Å². The Morgan fingerprint density at radius 3 is 2.44 bits per heavy atom. The van der Waals surface area contributed by atoms with E-state index in [1.807, 2.05) is 12.1 Å². The van der Waals surface area contributed by atoms with Gasteiger partial charge in [0.1, 0.15) is 5.76 Å². The van der Waals surface area contributed by atoms with E-state index in [0.29, 0.717) is 10.8 Å². The maximum Gasteiger partial charge on any atom is 0.146 e. The molecule has 0 bridgehead atoms. The van der Waals surface area contributed by atoms with Gasteiger partial charge in [0.2, 0.25) is 0 Å².